The van der Waals surface area contributed by atoms with Gasteiger partial charge < -0.3 is 0 Å². The second-order valence-electron chi connectivity index (χ2n) is 1.53. The van der Waals surface area contributed by atoms with E-state index in [0.29, 0.717) is 5.57 Å². The molecule has 0 bridgehead atoms. The Kier molecular flexibility index (Phi) is 2.85. The van der Waals surface area contributed by atoms with Crippen molar-refractivity contribution in [2.75, 3.05) is 0 Å². The molecule has 0 aliphatic heterocycles. The maximum Gasteiger partial charge on any atom is 0.125 e. The van der Waals surface area contributed by atoms with Crippen molar-refractivity contribution in [3.63, 3.8) is 0 Å². The Labute approximate surface area is 49.0 Å². The predicted molar refractivity (Wildman–Crippen MR) is 34.2 cm³/mol. The lowest BCUT2D eigenvalue weighted by Gasteiger charge is -1.87. The van der Waals surface area contributed by atoms with Gasteiger partial charge in [-0.15, -0.1) is 0 Å². The molecule has 0 saturated carbocycles. The van der Waals surface area contributed by atoms with Crippen LogP contribution in [-0.4, -0.2) is 0 Å². The van der Waals surface area contributed by atoms with E-state index in [1.807, 2.05) is 0 Å². The van der Waals surface area contributed by atoms with Crippen LogP contribution in [0.3, 0.4) is 0 Å². The van der Waals surface area contributed by atoms with Gasteiger partial charge in [-0.1, -0.05) is 19.2 Å². The van der Waals surface area contributed by atoms with Crippen molar-refractivity contribution < 1.29 is 4.39 Å². The summed E-state index contributed by atoms with van der Waals surface area (Å²) in [5, 5.41) is 0. The molecule has 0 amide bonds. The Balaban J connectivity index is 3.99. The highest BCUT2D eigenvalue weighted by Gasteiger charge is 1.88. The van der Waals surface area contributed by atoms with Gasteiger partial charge in [-0.05, 0) is 18.6 Å². The first-order valence-corrected chi connectivity index (χ1v) is 2.32. The number of halogens is 1. The van der Waals surface area contributed by atoms with E-state index in [1.165, 1.54) is 12.2 Å². The van der Waals surface area contributed by atoms with Crippen molar-refractivity contribution >= 4 is 0 Å². The van der Waals surface area contributed by atoms with Crippen molar-refractivity contribution in [2.24, 2.45) is 0 Å². The zero-order valence-corrected chi connectivity index (χ0v) is 4.95. The Morgan fingerprint density at radius 3 is 2.25 bits per heavy atom. The van der Waals surface area contributed by atoms with E-state index in [9.17, 15) is 4.39 Å². The summed E-state index contributed by atoms with van der Waals surface area (Å²) < 4.78 is 12.2. The highest BCUT2D eigenvalue weighted by Crippen LogP contribution is 2.06. The second kappa shape index (κ2) is 3.19. The first kappa shape index (κ1) is 7.15. The second-order valence-corrected chi connectivity index (χ2v) is 1.53. The Morgan fingerprint density at radius 2 is 2.12 bits per heavy atom. The molecule has 0 aromatic carbocycles. The van der Waals surface area contributed by atoms with Gasteiger partial charge >= 0.3 is 0 Å². The third-order valence-electron chi connectivity index (χ3n) is 0.672. The van der Waals surface area contributed by atoms with Crippen molar-refractivity contribution in [2.45, 2.75) is 6.92 Å². The minimum Gasteiger partial charge on any atom is -0.207 e. The lowest BCUT2D eigenvalue weighted by molar-refractivity contribution is 0.653. The van der Waals surface area contributed by atoms with E-state index in [2.05, 4.69) is 13.2 Å². The summed E-state index contributed by atoms with van der Waals surface area (Å²) in [6, 6.07) is 0. The Morgan fingerprint density at radius 1 is 1.62 bits per heavy atom. The van der Waals surface area contributed by atoms with Gasteiger partial charge in [0.25, 0.3) is 0 Å². The molecule has 0 radical (unpaired) electrons. The maximum absolute atomic E-state index is 12.2. The smallest absolute Gasteiger partial charge is 0.125 e. The average molecular weight is 112 g/mol. The van der Waals surface area contributed by atoms with Gasteiger partial charge in [-0.3, -0.25) is 0 Å². The van der Waals surface area contributed by atoms with Crippen LogP contribution in [0.4, 0.5) is 4.39 Å². The van der Waals surface area contributed by atoms with E-state index in [0.717, 1.165) is 0 Å². The third kappa shape index (κ3) is 2.35. The molecule has 0 rings (SSSR count). The number of hydrogen-bond acceptors (Lipinski definition) is 0. The Hall–Kier alpha value is -0.850. The summed E-state index contributed by atoms with van der Waals surface area (Å²) >= 11 is 0. The quantitative estimate of drug-likeness (QED) is 0.481. The summed E-state index contributed by atoms with van der Waals surface area (Å²) in [6.07, 6.45) is 2.67. The molecule has 0 heterocycles. The fourth-order valence-corrected chi connectivity index (χ4v) is 0.246. The van der Waals surface area contributed by atoms with Crippen LogP contribution in [0.15, 0.2) is 36.7 Å². The lowest BCUT2D eigenvalue weighted by Crippen LogP contribution is -1.69. The highest BCUT2D eigenvalue weighted by molar-refractivity contribution is 5.22. The third-order valence-corrected chi connectivity index (χ3v) is 0.672. The van der Waals surface area contributed by atoms with E-state index in [1.54, 1.807) is 6.92 Å². The molecule has 0 atom stereocenters. The summed E-state index contributed by atoms with van der Waals surface area (Å²) in [5.74, 6) is -0.306. The van der Waals surface area contributed by atoms with Crippen LogP contribution in [0.2, 0.25) is 0 Å². The molecule has 0 aromatic heterocycles. The van der Waals surface area contributed by atoms with Gasteiger partial charge in [-0.2, -0.15) is 0 Å². The first-order valence-electron chi connectivity index (χ1n) is 2.32. The number of allylic oxidation sites excluding steroid dienone is 4. The van der Waals surface area contributed by atoms with E-state index >= 15 is 0 Å². The van der Waals surface area contributed by atoms with E-state index in [-0.39, 0.29) is 5.83 Å². The lowest BCUT2D eigenvalue weighted by atomic mass is 10.3. The zero-order valence-electron chi connectivity index (χ0n) is 4.95. The number of rotatable bonds is 2. The minimum atomic E-state index is -0.306. The topological polar surface area (TPSA) is 0 Å². The molecule has 1 heteroatoms. The standard InChI is InChI=1S/C7H9F/c1-4-5-7(8)6(2)3/h4-5H,1-2H2,3H3/b7-5+. The largest absolute Gasteiger partial charge is 0.207 e. The summed E-state index contributed by atoms with van der Waals surface area (Å²) in [7, 11) is 0. The molecule has 0 aliphatic rings. The number of hydrogen-bond donors (Lipinski definition) is 0. The highest BCUT2D eigenvalue weighted by atomic mass is 19.1. The molecule has 0 N–H and O–H groups in total. The van der Waals surface area contributed by atoms with Crippen LogP contribution in [0.5, 0.6) is 0 Å². The van der Waals surface area contributed by atoms with Crippen LogP contribution in [0.1, 0.15) is 6.92 Å². The van der Waals surface area contributed by atoms with E-state index < -0.39 is 0 Å². The van der Waals surface area contributed by atoms with Crippen LogP contribution in [0, 0.1) is 0 Å². The van der Waals surface area contributed by atoms with Crippen LogP contribution in [-0.2, 0) is 0 Å². The Bertz CT molecular complexity index is 131. The fourth-order valence-electron chi connectivity index (χ4n) is 0.246. The van der Waals surface area contributed by atoms with Gasteiger partial charge in [-0.25, -0.2) is 4.39 Å². The summed E-state index contributed by atoms with van der Waals surface area (Å²) in [6.45, 7) is 8.31. The molecule has 8 heavy (non-hydrogen) atoms. The molecule has 0 fully saturated rings. The molecular weight excluding hydrogens is 103 g/mol. The monoisotopic (exact) mass is 112 g/mol. The molecular formula is C7H9F. The summed E-state index contributed by atoms with van der Waals surface area (Å²) in [4.78, 5) is 0. The van der Waals surface area contributed by atoms with Crippen LogP contribution >= 0.6 is 0 Å². The zero-order chi connectivity index (χ0) is 6.57. The van der Waals surface area contributed by atoms with E-state index in [4.69, 9.17) is 0 Å². The summed E-state index contributed by atoms with van der Waals surface area (Å²) in [5.41, 5.74) is 0.435. The van der Waals surface area contributed by atoms with Crippen molar-refractivity contribution in [3.8, 4) is 0 Å². The fraction of sp³-hybridized carbons (Fsp3) is 0.143. The molecule has 0 aliphatic carbocycles. The molecule has 0 saturated heterocycles. The van der Waals surface area contributed by atoms with Crippen molar-refractivity contribution in [1.29, 1.82) is 0 Å². The average Bonchev–Trinajstić information content (AvgIpc) is 1.67. The van der Waals surface area contributed by atoms with Crippen LogP contribution in [0.25, 0.3) is 0 Å². The molecule has 0 aromatic rings. The van der Waals surface area contributed by atoms with Gasteiger partial charge in [0, 0.05) is 0 Å². The first-order chi connectivity index (χ1) is 3.68. The van der Waals surface area contributed by atoms with Gasteiger partial charge in [0.15, 0.2) is 0 Å². The molecule has 44 valence electrons. The normalized spacial score (nSPS) is 11.0. The molecule has 0 nitrogen and oxygen atoms in total. The van der Waals surface area contributed by atoms with Crippen LogP contribution < -0.4 is 0 Å². The minimum absolute atomic E-state index is 0.306. The maximum atomic E-state index is 12.2. The van der Waals surface area contributed by atoms with Gasteiger partial charge in [0.1, 0.15) is 5.83 Å². The SMILES string of the molecule is C=C/C=C(/F)C(=C)C. The van der Waals surface area contributed by atoms with Crippen molar-refractivity contribution in [1.82, 2.24) is 0 Å². The van der Waals surface area contributed by atoms with Gasteiger partial charge in [0.05, 0.1) is 0 Å². The van der Waals surface area contributed by atoms with Crippen molar-refractivity contribution in [3.05, 3.63) is 36.7 Å². The predicted octanol–water partition coefficient (Wildman–Crippen LogP) is 2.60. The molecule has 0 spiro atoms. The molecule has 0 unspecified atom stereocenters. The van der Waals surface area contributed by atoms with Gasteiger partial charge in [0.2, 0.25) is 0 Å².